The van der Waals surface area contributed by atoms with Gasteiger partial charge in [-0.15, -0.1) is 0 Å². The fourth-order valence-electron chi connectivity index (χ4n) is 1.85. The summed E-state index contributed by atoms with van der Waals surface area (Å²) in [5.41, 5.74) is 0.423. The van der Waals surface area contributed by atoms with Crippen LogP contribution < -0.4 is 5.73 Å². The van der Waals surface area contributed by atoms with Gasteiger partial charge in [-0.25, -0.2) is 4.79 Å². The Morgan fingerprint density at radius 3 is 2.00 bits per heavy atom. The molecule has 1 aromatic rings. The maximum Gasteiger partial charge on any atom is 0.432 e. The standard InChI is InChI=1S/C13H13F6NO3/c1-22-11(13(17,18)19,8-5-3-2-4-6-8)10(21)23-9(7-20)12(14,15)16/h2-6,9H,7,20H2,1H3/t9-,11+/m0/s1. The van der Waals surface area contributed by atoms with E-state index in [1.54, 1.807) is 0 Å². The lowest BCUT2D eigenvalue weighted by Crippen LogP contribution is -2.54. The summed E-state index contributed by atoms with van der Waals surface area (Å²) >= 11 is 0. The molecule has 2 atom stereocenters. The highest BCUT2D eigenvalue weighted by molar-refractivity contribution is 5.83. The molecule has 0 aromatic heterocycles. The average Bonchev–Trinajstić information content (AvgIpc) is 2.44. The maximum absolute atomic E-state index is 13.4. The maximum atomic E-state index is 13.4. The molecule has 0 aliphatic carbocycles. The van der Waals surface area contributed by atoms with Crippen LogP contribution in [0.2, 0.25) is 0 Å². The molecule has 23 heavy (non-hydrogen) atoms. The van der Waals surface area contributed by atoms with Crippen LogP contribution in [-0.2, 0) is 19.9 Å². The van der Waals surface area contributed by atoms with E-state index in [0.717, 1.165) is 12.1 Å². The van der Waals surface area contributed by atoms with Crippen molar-refractivity contribution in [1.29, 1.82) is 0 Å². The molecule has 0 bridgehead atoms. The van der Waals surface area contributed by atoms with E-state index < -0.39 is 42.1 Å². The van der Waals surface area contributed by atoms with Crippen molar-refractivity contribution in [1.82, 2.24) is 0 Å². The van der Waals surface area contributed by atoms with Gasteiger partial charge in [0.25, 0.3) is 5.60 Å². The molecule has 0 radical (unpaired) electrons. The summed E-state index contributed by atoms with van der Waals surface area (Å²) in [5.74, 6) is -2.24. The van der Waals surface area contributed by atoms with Crippen LogP contribution in [0.3, 0.4) is 0 Å². The lowest BCUT2D eigenvalue weighted by Gasteiger charge is -2.33. The molecule has 0 unspecified atom stereocenters. The third kappa shape index (κ3) is 3.75. The number of esters is 1. The Labute approximate surface area is 127 Å². The Bertz CT molecular complexity index is 531. The number of carbonyl (C=O) groups is 1. The quantitative estimate of drug-likeness (QED) is 0.658. The minimum Gasteiger partial charge on any atom is -0.449 e. The first kappa shape index (κ1) is 19.2. The van der Waals surface area contributed by atoms with Crippen molar-refractivity contribution in [2.75, 3.05) is 13.7 Å². The molecule has 0 spiro atoms. The summed E-state index contributed by atoms with van der Waals surface area (Å²) < 4.78 is 86.3. The van der Waals surface area contributed by atoms with Crippen LogP contribution in [0.25, 0.3) is 0 Å². The molecule has 0 aliphatic rings. The van der Waals surface area contributed by atoms with Crippen molar-refractivity contribution in [3.63, 3.8) is 0 Å². The van der Waals surface area contributed by atoms with Crippen molar-refractivity contribution in [2.24, 2.45) is 5.73 Å². The molecule has 2 N–H and O–H groups in total. The van der Waals surface area contributed by atoms with Crippen LogP contribution >= 0.6 is 0 Å². The van der Waals surface area contributed by atoms with Crippen LogP contribution in [0.5, 0.6) is 0 Å². The molecular formula is C13H13F6NO3. The van der Waals surface area contributed by atoms with E-state index in [1.807, 2.05) is 0 Å². The second kappa shape index (κ2) is 6.75. The lowest BCUT2D eigenvalue weighted by molar-refractivity contribution is -0.287. The molecule has 130 valence electrons. The second-order valence-electron chi connectivity index (χ2n) is 4.42. The van der Waals surface area contributed by atoms with E-state index in [-0.39, 0.29) is 0 Å². The molecule has 0 saturated carbocycles. The number of benzene rings is 1. The zero-order valence-electron chi connectivity index (χ0n) is 11.7. The number of ether oxygens (including phenoxy) is 2. The van der Waals surface area contributed by atoms with Gasteiger partial charge in [-0.1, -0.05) is 30.3 Å². The van der Waals surface area contributed by atoms with E-state index >= 15 is 0 Å². The van der Waals surface area contributed by atoms with Crippen LogP contribution in [-0.4, -0.2) is 38.1 Å². The van der Waals surface area contributed by atoms with Gasteiger partial charge in [0, 0.05) is 19.2 Å². The predicted octanol–water partition coefficient (Wildman–Crippen LogP) is 2.52. The Hall–Kier alpha value is -1.81. The van der Waals surface area contributed by atoms with E-state index in [9.17, 15) is 31.1 Å². The number of hydrogen-bond donors (Lipinski definition) is 1. The smallest absolute Gasteiger partial charge is 0.432 e. The van der Waals surface area contributed by atoms with E-state index in [4.69, 9.17) is 5.73 Å². The zero-order valence-corrected chi connectivity index (χ0v) is 11.7. The first-order valence-corrected chi connectivity index (χ1v) is 6.16. The first-order chi connectivity index (χ1) is 10.5. The number of alkyl halides is 6. The second-order valence-corrected chi connectivity index (χ2v) is 4.42. The van der Waals surface area contributed by atoms with Crippen LogP contribution in [0.15, 0.2) is 30.3 Å². The Balaban J connectivity index is 3.34. The number of methoxy groups -OCH3 is 1. The van der Waals surface area contributed by atoms with Gasteiger partial charge in [-0.2, -0.15) is 26.3 Å². The zero-order chi connectivity index (χ0) is 17.9. The van der Waals surface area contributed by atoms with E-state index in [1.165, 1.54) is 18.2 Å². The highest BCUT2D eigenvalue weighted by atomic mass is 19.4. The van der Waals surface area contributed by atoms with Gasteiger partial charge < -0.3 is 15.2 Å². The third-order valence-corrected chi connectivity index (χ3v) is 3.00. The molecule has 4 nitrogen and oxygen atoms in total. The summed E-state index contributed by atoms with van der Waals surface area (Å²) in [7, 11) is 0.548. The van der Waals surface area contributed by atoms with Crippen LogP contribution in [0, 0.1) is 0 Å². The molecule has 10 heteroatoms. The minimum atomic E-state index is -5.36. The highest BCUT2D eigenvalue weighted by Gasteiger charge is 2.65. The number of carbonyl (C=O) groups excluding carboxylic acids is 1. The number of hydrogen-bond acceptors (Lipinski definition) is 4. The van der Waals surface area contributed by atoms with Gasteiger partial charge in [0.05, 0.1) is 0 Å². The molecule has 1 rings (SSSR count). The van der Waals surface area contributed by atoms with Gasteiger partial charge in [0.2, 0.25) is 6.10 Å². The van der Waals surface area contributed by atoms with Gasteiger partial charge in [0.1, 0.15) is 0 Å². The summed E-state index contributed by atoms with van der Waals surface area (Å²) in [6.45, 7) is -1.22. The number of rotatable bonds is 5. The molecule has 0 aliphatic heterocycles. The largest absolute Gasteiger partial charge is 0.449 e. The molecular weight excluding hydrogens is 332 g/mol. The number of nitrogens with two attached hydrogens (primary N) is 1. The predicted molar refractivity (Wildman–Crippen MR) is 66.2 cm³/mol. The summed E-state index contributed by atoms with van der Waals surface area (Å²) in [6.07, 6.45) is -13.3. The molecule has 0 saturated heterocycles. The summed E-state index contributed by atoms with van der Waals surface area (Å²) in [5, 5.41) is 0. The average molecular weight is 345 g/mol. The minimum absolute atomic E-state index is 0.548. The fourth-order valence-corrected chi connectivity index (χ4v) is 1.85. The normalized spacial score (nSPS) is 16.5. The van der Waals surface area contributed by atoms with Gasteiger partial charge in [-0.3, -0.25) is 0 Å². The summed E-state index contributed by atoms with van der Waals surface area (Å²) in [4.78, 5) is 11.9. The van der Waals surface area contributed by atoms with E-state index in [0.29, 0.717) is 7.11 Å². The Morgan fingerprint density at radius 2 is 1.65 bits per heavy atom. The van der Waals surface area contributed by atoms with Crippen molar-refractivity contribution >= 4 is 5.97 Å². The molecule has 0 fully saturated rings. The summed E-state index contributed by atoms with van der Waals surface area (Å²) in [6, 6.07) is 5.50. The topological polar surface area (TPSA) is 61.5 Å². The van der Waals surface area contributed by atoms with Gasteiger partial charge in [0.15, 0.2) is 0 Å². The third-order valence-electron chi connectivity index (χ3n) is 3.00. The molecule has 0 heterocycles. The molecule has 1 aromatic carbocycles. The number of halogens is 6. The van der Waals surface area contributed by atoms with Crippen molar-refractivity contribution in [3.05, 3.63) is 35.9 Å². The SMILES string of the molecule is CO[C@@](C(=O)O[C@@H](CN)C(F)(F)F)(c1ccccc1)C(F)(F)F. The highest BCUT2D eigenvalue weighted by Crippen LogP contribution is 2.43. The van der Waals surface area contributed by atoms with Crippen molar-refractivity contribution in [3.8, 4) is 0 Å². The van der Waals surface area contributed by atoms with Gasteiger partial charge in [-0.05, 0) is 0 Å². The van der Waals surface area contributed by atoms with Crippen molar-refractivity contribution < 1.29 is 40.6 Å². The van der Waals surface area contributed by atoms with Crippen LogP contribution in [0.1, 0.15) is 5.56 Å². The monoisotopic (exact) mass is 345 g/mol. The Morgan fingerprint density at radius 1 is 1.13 bits per heavy atom. The fraction of sp³-hybridized carbons (Fsp3) is 0.462. The van der Waals surface area contributed by atoms with Gasteiger partial charge >= 0.3 is 18.3 Å². The first-order valence-electron chi connectivity index (χ1n) is 6.16. The van der Waals surface area contributed by atoms with E-state index in [2.05, 4.69) is 9.47 Å². The molecule has 0 amide bonds. The Kier molecular flexibility index (Phi) is 5.65. The van der Waals surface area contributed by atoms with Crippen molar-refractivity contribution in [2.45, 2.75) is 24.1 Å². The lowest BCUT2D eigenvalue weighted by atomic mass is 9.92. The van der Waals surface area contributed by atoms with Crippen LogP contribution in [0.4, 0.5) is 26.3 Å².